The molecule has 0 saturated carbocycles. The van der Waals surface area contributed by atoms with Crippen LogP contribution in [0.2, 0.25) is 0 Å². The highest BCUT2D eigenvalue weighted by Crippen LogP contribution is 2.41. The molecule has 2 heterocycles. The number of carbonyl (C=O) groups is 1. The van der Waals surface area contributed by atoms with Crippen molar-refractivity contribution >= 4 is 11.8 Å². The van der Waals surface area contributed by atoms with Crippen LogP contribution in [0.1, 0.15) is 43.0 Å². The van der Waals surface area contributed by atoms with Crippen LogP contribution in [-0.2, 0) is 10.2 Å². The highest BCUT2D eigenvalue weighted by Gasteiger charge is 2.39. The molecule has 38 heavy (non-hydrogen) atoms. The van der Waals surface area contributed by atoms with Gasteiger partial charge in [-0.3, -0.25) is 5.32 Å². The summed E-state index contributed by atoms with van der Waals surface area (Å²) in [7, 11) is 2.06. The average Bonchev–Trinajstić information content (AvgIpc) is 3.20. The first-order valence-corrected chi connectivity index (χ1v) is 13.2. The number of hydrogen-bond acceptors (Lipinski definition) is 6. The lowest BCUT2D eigenvalue weighted by atomic mass is 9.70. The summed E-state index contributed by atoms with van der Waals surface area (Å²) in [5.74, 6) is 0.940. The second-order valence-corrected chi connectivity index (χ2v) is 10.9. The van der Waals surface area contributed by atoms with Crippen LogP contribution in [0.25, 0.3) is 5.69 Å². The number of ether oxygens (including phenoxy) is 2. The van der Waals surface area contributed by atoms with Gasteiger partial charge in [-0.05, 0) is 49.1 Å². The van der Waals surface area contributed by atoms with Crippen molar-refractivity contribution < 1.29 is 19.4 Å². The lowest BCUT2D eigenvalue weighted by Crippen LogP contribution is -2.45. The Hall–Kier alpha value is -3.40. The molecular weight excluding hydrogens is 482 g/mol. The number of urea groups is 1. The van der Waals surface area contributed by atoms with Gasteiger partial charge < -0.3 is 24.8 Å². The Balaban J connectivity index is 1.38. The van der Waals surface area contributed by atoms with Crippen LogP contribution < -0.4 is 15.4 Å². The topological polar surface area (TPSA) is 101 Å². The fourth-order valence-electron chi connectivity index (χ4n) is 5.46. The number of aliphatic hydroxyl groups excluding tert-OH is 1. The van der Waals surface area contributed by atoms with Crippen molar-refractivity contribution in [2.45, 2.75) is 50.9 Å². The van der Waals surface area contributed by atoms with Crippen molar-refractivity contribution in [1.82, 2.24) is 20.0 Å². The van der Waals surface area contributed by atoms with Gasteiger partial charge >= 0.3 is 6.03 Å². The van der Waals surface area contributed by atoms with Crippen molar-refractivity contribution in [3.05, 3.63) is 71.3 Å². The van der Waals surface area contributed by atoms with Gasteiger partial charge in [0.25, 0.3) is 0 Å². The molecule has 5 rings (SSSR count). The van der Waals surface area contributed by atoms with Gasteiger partial charge in [0.1, 0.15) is 18.5 Å². The molecule has 1 aromatic heterocycles. The summed E-state index contributed by atoms with van der Waals surface area (Å²) in [4.78, 5) is 15.6. The highest BCUT2D eigenvalue weighted by atomic mass is 16.5. The largest absolute Gasteiger partial charge is 0.474 e. The third kappa shape index (κ3) is 5.41. The van der Waals surface area contributed by atoms with Gasteiger partial charge in [0.05, 0.1) is 30.0 Å². The van der Waals surface area contributed by atoms with Crippen molar-refractivity contribution in [2.24, 2.45) is 0 Å². The zero-order valence-corrected chi connectivity index (χ0v) is 22.5. The predicted octanol–water partition coefficient (Wildman–Crippen LogP) is 3.80. The monoisotopic (exact) mass is 519 g/mol. The third-order valence-electron chi connectivity index (χ3n) is 7.47. The molecule has 0 radical (unpaired) electrons. The van der Waals surface area contributed by atoms with Crippen molar-refractivity contribution in [3.8, 4) is 11.6 Å². The molecule has 3 atom stereocenters. The van der Waals surface area contributed by atoms with E-state index in [0.717, 1.165) is 29.9 Å². The van der Waals surface area contributed by atoms with E-state index < -0.39 is 18.2 Å². The minimum Gasteiger partial charge on any atom is -0.474 e. The second-order valence-electron chi connectivity index (χ2n) is 10.9. The standard InChI is InChI=1S/C29H37N5O4/c1-19-26(31-28(36)30-25-22-12-8-9-13-23(22)29(2,3)16-24(25)35)34(20-10-6-5-7-11-20)32-27(19)38-18-21-17-33(4)14-15-37-21/h5-13,21,24-25,35H,14-18H2,1-4H3,(H2,30,31,36)/t21-,24+,25+/m1/s1. The summed E-state index contributed by atoms with van der Waals surface area (Å²) >= 11 is 0. The molecule has 0 unspecified atom stereocenters. The molecule has 1 saturated heterocycles. The molecule has 2 aromatic carbocycles. The number of likely N-dealkylation sites (N-methyl/N-ethyl adjacent to an activating group) is 1. The molecule has 1 aliphatic carbocycles. The van der Waals surface area contributed by atoms with E-state index in [2.05, 4.69) is 47.6 Å². The number of aliphatic hydroxyl groups is 1. The van der Waals surface area contributed by atoms with E-state index in [1.807, 2.05) is 55.5 Å². The zero-order valence-electron chi connectivity index (χ0n) is 22.5. The Morgan fingerprint density at radius 2 is 1.92 bits per heavy atom. The molecule has 0 bridgehead atoms. The number of para-hydroxylation sites is 1. The number of anilines is 1. The van der Waals surface area contributed by atoms with Crippen LogP contribution in [-0.4, -0.2) is 71.4 Å². The first kappa shape index (κ1) is 26.2. The van der Waals surface area contributed by atoms with Gasteiger partial charge in [0.15, 0.2) is 0 Å². The fourth-order valence-corrected chi connectivity index (χ4v) is 5.46. The summed E-state index contributed by atoms with van der Waals surface area (Å²) in [5, 5.41) is 21.7. The van der Waals surface area contributed by atoms with Gasteiger partial charge in [-0.2, -0.15) is 0 Å². The lowest BCUT2D eigenvalue weighted by molar-refractivity contribution is -0.0411. The summed E-state index contributed by atoms with van der Waals surface area (Å²) in [5.41, 5.74) is 3.38. The molecule has 2 aliphatic rings. The van der Waals surface area contributed by atoms with Gasteiger partial charge in [0.2, 0.25) is 5.88 Å². The first-order chi connectivity index (χ1) is 18.2. The number of morpholine rings is 1. The van der Waals surface area contributed by atoms with Crippen LogP contribution in [0.15, 0.2) is 54.6 Å². The molecule has 9 heteroatoms. The second kappa shape index (κ2) is 10.8. The summed E-state index contributed by atoms with van der Waals surface area (Å²) in [6, 6.07) is 16.6. The molecule has 3 aromatic rings. The SMILES string of the molecule is Cc1c(OC[C@H]2CN(C)CCO2)nn(-c2ccccc2)c1NC(=O)N[C@H]1c2ccccc2C(C)(C)C[C@@H]1O. The van der Waals surface area contributed by atoms with Crippen molar-refractivity contribution in [2.75, 3.05) is 38.7 Å². The van der Waals surface area contributed by atoms with E-state index >= 15 is 0 Å². The van der Waals surface area contributed by atoms with Gasteiger partial charge in [-0.15, -0.1) is 5.10 Å². The lowest BCUT2D eigenvalue weighted by Gasteiger charge is -2.40. The molecular formula is C29H37N5O4. The Morgan fingerprint density at radius 1 is 1.18 bits per heavy atom. The molecule has 3 N–H and O–H groups in total. The number of hydrogen-bond donors (Lipinski definition) is 3. The number of nitrogens with zero attached hydrogens (tertiary/aromatic N) is 3. The van der Waals surface area contributed by atoms with E-state index in [0.29, 0.717) is 36.9 Å². The fraction of sp³-hybridized carbons (Fsp3) is 0.448. The molecule has 1 fully saturated rings. The number of carbonyl (C=O) groups excluding carboxylic acids is 1. The summed E-state index contributed by atoms with van der Waals surface area (Å²) in [6.07, 6.45) is -0.211. The van der Waals surface area contributed by atoms with Crippen LogP contribution in [0.3, 0.4) is 0 Å². The maximum atomic E-state index is 13.3. The van der Waals surface area contributed by atoms with E-state index in [1.54, 1.807) is 4.68 Å². The number of aromatic nitrogens is 2. The first-order valence-electron chi connectivity index (χ1n) is 13.2. The molecule has 0 spiro atoms. The minimum absolute atomic E-state index is 0.0492. The van der Waals surface area contributed by atoms with Gasteiger partial charge in [-0.1, -0.05) is 56.3 Å². The van der Waals surface area contributed by atoms with E-state index in [-0.39, 0.29) is 11.5 Å². The number of amides is 2. The average molecular weight is 520 g/mol. The van der Waals surface area contributed by atoms with Crippen LogP contribution in [0, 0.1) is 6.92 Å². The van der Waals surface area contributed by atoms with Crippen molar-refractivity contribution in [3.63, 3.8) is 0 Å². The maximum absolute atomic E-state index is 13.3. The van der Waals surface area contributed by atoms with E-state index in [1.165, 1.54) is 0 Å². The highest BCUT2D eigenvalue weighted by molar-refractivity contribution is 5.90. The Morgan fingerprint density at radius 3 is 2.68 bits per heavy atom. The Labute approximate surface area is 223 Å². The molecule has 202 valence electrons. The van der Waals surface area contributed by atoms with E-state index in [4.69, 9.17) is 9.47 Å². The molecule has 9 nitrogen and oxygen atoms in total. The minimum atomic E-state index is -0.710. The Bertz CT molecular complexity index is 1280. The van der Waals surface area contributed by atoms with Crippen molar-refractivity contribution in [1.29, 1.82) is 0 Å². The quantitative estimate of drug-likeness (QED) is 0.458. The maximum Gasteiger partial charge on any atom is 0.320 e. The number of fused-ring (bicyclic) bond motifs is 1. The zero-order chi connectivity index (χ0) is 26.9. The van der Waals surface area contributed by atoms with Gasteiger partial charge in [0, 0.05) is 13.1 Å². The van der Waals surface area contributed by atoms with Crippen LogP contribution in [0.4, 0.5) is 10.6 Å². The van der Waals surface area contributed by atoms with Gasteiger partial charge in [-0.25, -0.2) is 9.48 Å². The summed E-state index contributed by atoms with van der Waals surface area (Å²) in [6.45, 7) is 8.83. The van der Waals surface area contributed by atoms with Crippen LogP contribution >= 0.6 is 0 Å². The molecule has 2 amide bonds. The summed E-state index contributed by atoms with van der Waals surface area (Å²) < 4.78 is 13.6. The smallest absolute Gasteiger partial charge is 0.320 e. The normalized spacial score (nSPS) is 22.9. The Kier molecular flexibility index (Phi) is 7.43. The third-order valence-corrected chi connectivity index (χ3v) is 7.47. The predicted molar refractivity (Wildman–Crippen MR) is 146 cm³/mol. The number of rotatable bonds is 6. The molecule has 1 aliphatic heterocycles. The van der Waals surface area contributed by atoms with Crippen LogP contribution in [0.5, 0.6) is 5.88 Å². The van der Waals surface area contributed by atoms with E-state index in [9.17, 15) is 9.90 Å². The number of nitrogens with one attached hydrogen (secondary N) is 2. The number of benzene rings is 2.